The summed E-state index contributed by atoms with van der Waals surface area (Å²) in [7, 11) is 0. The Kier molecular flexibility index (Phi) is 13.0. The second kappa shape index (κ2) is 17.2. The Morgan fingerprint density at radius 3 is 2.19 bits per heavy atom. The average molecular weight is 891 g/mol. The first-order valence-corrected chi connectivity index (χ1v) is 24.6. The molecule has 2 amide bonds. The Labute approximate surface area is 381 Å². The van der Waals surface area contributed by atoms with Gasteiger partial charge >= 0.3 is 11.9 Å². The maximum atomic E-state index is 14.4. The summed E-state index contributed by atoms with van der Waals surface area (Å²) in [6, 6.07) is 6.48. The van der Waals surface area contributed by atoms with E-state index in [1.165, 1.54) is 5.57 Å². The molecule has 0 aromatic heterocycles. The topological polar surface area (TPSA) is 165 Å². The number of carboxylic acid groups (broad SMARTS) is 1. The van der Waals surface area contributed by atoms with Gasteiger partial charge in [0, 0.05) is 46.8 Å². The monoisotopic (exact) mass is 890 g/mol. The van der Waals surface area contributed by atoms with Crippen molar-refractivity contribution in [2.45, 2.75) is 164 Å². The minimum Gasteiger partial charge on any atom is -0.481 e. The van der Waals surface area contributed by atoms with E-state index in [2.05, 4.69) is 59.1 Å². The summed E-state index contributed by atoms with van der Waals surface area (Å²) >= 11 is 6.05. The number of ether oxygens (including phenoxy) is 1. The van der Waals surface area contributed by atoms with Gasteiger partial charge in [0.15, 0.2) is 5.78 Å². The number of ketones is 1. The van der Waals surface area contributed by atoms with Crippen LogP contribution in [0.2, 0.25) is 5.02 Å². The van der Waals surface area contributed by atoms with Crippen LogP contribution in [0.3, 0.4) is 0 Å². The number of carbonyl (C=O) groups is 5. The molecular formula is C52H76ClN3O7. The van der Waals surface area contributed by atoms with Crippen molar-refractivity contribution in [3.63, 3.8) is 0 Å². The first kappa shape index (κ1) is 47.7. The molecule has 1 aromatic rings. The average Bonchev–Trinajstić information content (AvgIpc) is 3.49. The molecule has 5 fully saturated rings. The minimum atomic E-state index is -0.843. The molecule has 11 atom stereocenters. The standard InChI is InChI=1S/C52H76ClN3O7/c1-30(2)42-37(57)27-52(28-41(58)56-33(12-10-11-25-54)29-55-44(59)31-13-15-32(53)16-14-31)24-23-50(8)34(43(42)52)17-18-39-49(7)21-20-40(48(5,6)38(49)19-22-51(39,50)9)63-46(62)36-26-35(45(60)61)47(36,3)4/h13-16,30,33-36,38-40H,10-12,17-29,54H2,1-9H3,(H,55,59)(H,56,58)(H,60,61)/t33?,34-,35+,36-,38+,39-,40+,49+,50-,51-,52+/m1/s1. The lowest BCUT2D eigenvalue weighted by Gasteiger charge is -2.72. The number of hydrogen-bond acceptors (Lipinski definition) is 7. The molecule has 1 aromatic carbocycles. The summed E-state index contributed by atoms with van der Waals surface area (Å²) in [5.41, 5.74) is 7.17. The number of allylic oxidation sites excluding steroid dienone is 2. The lowest BCUT2D eigenvalue weighted by Crippen LogP contribution is -2.66. The summed E-state index contributed by atoms with van der Waals surface area (Å²) in [5, 5.41) is 16.6. The summed E-state index contributed by atoms with van der Waals surface area (Å²) in [6.45, 7) is 21.1. The van der Waals surface area contributed by atoms with Crippen LogP contribution in [0.15, 0.2) is 35.4 Å². The van der Waals surface area contributed by atoms with Crippen molar-refractivity contribution >= 4 is 41.1 Å². The van der Waals surface area contributed by atoms with Crippen LogP contribution in [0.25, 0.3) is 0 Å². The molecule has 10 nitrogen and oxygen atoms in total. The van der Waals surface area contributed by atoms with E-state index in [1.807, 2.05) is 13.8 Å². The molecule has 63 heavy (non-hydrogen) atoms. The Bertz CT molecular complexity index is 2010. The second-order valence-corrected chi connectivity index (χ2v) is 23.6. The molecule has 0 saturated heterocycles. The van der Waals surface area contributed by atoms with Crippen molar-refractivity contribution < 1.29 is 33.8 Å². The SMILES string of the molecule is CC(C)C1=C2[C@H]3CC[C@@H]4[C@@]5(C)CC[C@H](OC(=O)[C@H]6C[C@@H](C(=O)O)C6(C)C)C(C)(C)[C@@H]5CC[C@@]4(C)[C@]3(C)CC[C@@]2(CC(=O)NC(CCCCN)CNC(=O)c2ccc(Cl)cc2)CC1=O. The lowest BCUT2D eigenvalue weighted by molar-refractivity contribution is -0.236. The van der Waals surface area contributed by atoms with Crippen molar-refractivity contribution in [1.82, 2.24) is 10.6 Å². The number of nitrogens with two attached hydrogens (primary N) is 1. The number of benzene rings is 1. The zero-order chi connectivity index (χ0) is 46.1. The fourth-order valence-corrected chi connectivity index (χ4v) is 15.5. The van der Waals surface area contributed by atoms with E-state index < -0.39 is 28.6 Å². The van der Waals surface area contributed by atoms with Gasteiger partial charge in [-0.1, -0.05) is 85.9 Å². The van der Waals surface area contributed by atoms with E-state index in [0.717, 1.165) is 69.8 Å². The molecule has 6 aliphatic rings. The third-order valence-electron chi connectivity index (χ3n) is 19.1. The number of halogens is 1. The molecular weight excluding hydrogens is 814 g/mol. The van der Waals surface area contributed by atoms with Gasteiger partial charge in [-0.25, -0.2) is 0 Å². The second-order valence-electron chi connectivity index (χ2n) is 23.2. The van der Waals surface area contributed by atoms with Gasteiger partial charge < -0.3 is 26.2 Å². The summed E-state index contributed by atoms with van der Waals surface area (Å²) < 4.78 is 6.43. The van der Waals surface area contributed by atoms with Crippen LogP contribution in [0.1, 0.15) is 163 Å². The van der Waals surface area contributed by atoms with Crippen LogP contribution in [0.5, 0.6) is 0 Å². The molecule has 11 heteroatoms. The largest absolute Gasteiger partial charge is 0.481 e. The van der Waals surface area contributed by atoms with Gasteiger partial charge in [0.05, 0.1) is 11.8 Å². The molecule has 6 aliphatic carbocycles. The number of esters is 1. The van der Waals surface area contributed by atoms with E-state index in [9.17, 15) is 29.1 Å². The number of fused-ring (bicyclic) bond motifs is 7. The highest BCUT2D eigenvalue weighted by Gasteiger charge is 2.70. The van der Waals surface area contributed by atoms with Crippen LogP contribution in [0, 0.1) is 68.0 Å². The normalized spacial score (nSPS) is 36.8. The van der Waals surface area contributed by atoms with Crippen molar-refractivity contribution in [3.05, 3.63) is 46.0 Å². The van der Waals surface area contributed by atoms with Gasteiger partial charge in [0.25, 0.3) is 5.91 Å². The molecule has 5 saturated carbocycles. The summed E-state index contributed by atoms with van der Waals surface area (Å²) in [5.74, 6) is -1.03. The number of unbranched alkanes of at least 4 members (excludes halogenated alkanes) is 1. The molecule has 0 bridgehead atoms. The van der Waals surface area contributed by atoms with Gasteiger partial charge in [-0.2, -0.15) is 0 Å². The molecule has 348 valence electrons. The fraction of sp³-hybridized carbons (Fsp3) is 0.750. The smallest absolute Gasteiger partial charge is 0.309 e. The van der Waals surface area contributed by atoms with E-state index in [1.54, 1.807) is 24.3 Å². The zero-order valence-electron chi connectivity index (χ0n) is 39.6. The Hall–Kier alpha value is -3.24. The van der Waals surface area contributed by atoms with E-state index in [0.29, 0.717) is 48.2 Å². The number of carboxylic acids is 1. The van der Waals surface area contributed by atoms with Crippen molar-refractivity contribution in [2.24, 2.45) is 73.7 Å². The Morgan fingerprint density at radius 1 is 0.857 bits per heavy atom. The zero-order valence-corrected chi connectivity index (χ0v) is 40.3. The molecule has 1 unspecified atom stereocenters. The summed E-state index contributed by atoms with van der Waals surface area (Å²) in [6.07, 6.45) is 10.7. The Morgan fingerprint density at radius 2 is 1.56 bits per heavy atom. The van der Waals surface area contributed by atoms with Crippen LogP contribution in [-0.4, -0.2) is 59.9 Å². The first-order valence-electron chi connectivity index (χ1n) is 24.2. The number of Topliss-reactive ketones (excluding diaryl/α,β-unsaturated/α-hetero) is 1. The van der Waals surface area contributed by atoms with E-state index in [4.69, 9.17) is 22.1 Å². The Balaban J connectivity index is 1.09. The maximum absolute atomic E-state index is 14.4. The quantitative estimate of drug-likeness (QED) is 0.106. The number of rotatable bonds is 14. The highest BCUT2D eigenvalue weighted by molar-refractivity contribution is 6.30. The fourth-order valence-electron chi connectivity index (χ4n) is 15.4. The molecule has 0 heterocycles. The van der Waals surface area contributed by atoms with Crippen LogP contribution in [0.4, 0.5) is 0 Å². The predicted octanol–water partition coefficient (Wildman–Crippen LogP) is 9.71. The highest BCUT2D eigenvalue weighted by atomic mass is 35.5. The highest BCUT2D eigenvalue weighted by Crippen LogP contribution is 2.77. The molecule has 0 spiro atoms. The van der Waals surface area contributed by atoms with Crippen LogP contribution < -0.4 is 16.4 Å². The predicted molar refractivity (Wildman–Crippen MR) is 246 cm³/mol. The first-order chi connectivity index (χ1) is 29.5. The van der Waals surface area contributed by atoms with Gasteiger partial charge in [0.1, 0.15) is 6.10 Å². The summed E-state index contributed by atoms with van der Waals surface area (Å²) in [4.78, 5) is 67.3. The van der Waals surface area contributed by atoms with Crippen molar-refractivity contribution in [2.75, 3.05) is 13.1 Å². The molecule has 7 rings (SSSR count). The van der Waals surface area contributed by atoms with Gasteiger partial charge in [-0.05, 0) is 152 Å². The number of nitrogens with one attached hydrogen (secondary N) is 2. The third-order valence-corrected chi connectivity index (χ3v) is 19.4. The van der Waals surface area contributed by atoms with Crippen LogP contribution in [-0.2, 0) is 23.9 Å². The van der Waals surface area contributed by atoms with Crippen LogP contribution >= 0.6 is 11.6 Å². The molecule has 5 N–H and O–H groups in total. The number of carbonyl (C=O) groups excluding carboxylic acids is 4. The number of amides is 2. The molecule has 0 aliphatic heterocycles. The maximum Gasteiger partial charge on any atom is 0.309 e. The minimum absolute atomic E-state index is 0.00802. The van der Waals surface area contributed by atoms with Crippen molar-refractivity contribution in [1.29, 1.82) is 0 Å². The number of hydrogen-bond donors (Lipinski definition) is 4. The van der Waals surface area contributed by atoms with Gasteiger partial charge in [-0.3, -0.25) is 24.0 Å². The van der Waals surface area contributed by atoms with Gasteiger partial charge in [0.2, 0.25) is 5.91 Å². The van der Waals surface area contributed by atoms with E-state index in [-0.39, 0.29) is 82.2 Å². The molecule has 0 radical (unpaired) electrons. The number of aliphatic carboxylic acids is 1. The van der Waals surface area contributed by atoms with Gasteiger partial charge in [-0.15, -0.1) is 0 Å². The van der Waals surface area contributed by atoms with E-state index >= 15 is 0 Å². The lowest BCUT2D eigenvalue weighted by atomic mass is 9.33. The van der Waals surface area contributed by atoms with Crippen molar-refractivity contribution in [3.8, 4) is 0 Å². The third kappa shape index (κ3) is 8.01.